The van der Waals surface area contributed by atoms with Crippen LogP contribution in [0, 0.1) is 6.92 Å². The van der Waals surface area contributed by atoms with E-state index in [0.29, 0.717) is 12.3 Å². The number of aromatic amines is 1. The zero-order valence-corrected chi connectivity index (χ0v) is 15.5. The number of furan rings is 1. The van der Waals surface area contributed by atoms with Gasteiger partial charge in [0.1, 0.15) is 17.4 Å². The molecule has 0 spiro atoms. The minimum absolute atomic E-state index is 0.0407. The van der Waals surface area contributed by atoms with Crippen molar-refractivity contribution in [2.75, 3.05) is 5.32 Å². The summed E-state index contributed by atoms with van der Waals surface area (Å²) >= 11 is 0. The van der Waals surface area contributed by atoms with Crippen LogP contribution in [0.2, 0.25) is 0 Å². The number of anilines is 1. The Morgan fingerprint density at radius 2 is 1.90 bits per heavy atom. The topological polar surface area (TPSA) is 163 Å². The Bertz CT molecular complexity index is 1050. The Hall–Kier alpha value is -4.08. The summed E-state index contributed by atoms with van der Waals surface area (Å²) in [6.07, 6.45) is 0.0836. The van der Waals surface area contributed by atoms with E-state index in [-0.39, 0.29) is 29.5 Å². The molecular formula is C19H19N5O5. The number of aromatic carboxylic acids is 1. The van der Waals surface area contributed by atoms with Gasteiger partial charge >= 0.3 is 12.0 Å². The van der Waals surface area contributed by atoms with Crippen LogP contribution in [0.1, 0.15) is 43.8 Å². The van der Waals surface area contributed by atoms with Gasteiger partial charge in [0.05, 0.1) is 6.42 Å². The smallest absolute Gasteiger partial charge is 0.371 e. The van der Waals surface area contributed by atoms with Gasteiger partial charge in [-0.05, 0) is 24.6 Å². The molecule has 3 rings (SSSR count). The number of benzene rings is 1. The average molecular weight is 397 g/mol. The number of carboxylic acids is 1. The van der Waals surface area contributed by atoms with E-state index in [1.54, 1.807) is 0 Å². The summed E-state index contributed by atoms with van der Waals surface area (Å²) in [7, 11) is 0. The summed E-state index contributed by atoms with van der Waals surface area (Å²) in [5.41, 5.74) is 7.21. The van der Waals surface area contributed by atoms with Gasteiger partial charge < -0.3 is 25.6 Å². The fourth-order valence-electron chi connectivity index (χ4n) is 2.57. The number of rotatable bonds is 7. The van der Waals surface area contributed by atoms with E-state index in [0.717, 1.165) is 11.1 Å². The van der Waals surface area contributed by atoms with Gasteiger partial charge in [-0.2, -0.15) is 0 Å². The average Bonchev–Trinajstić information content (AvgIpc) is 3.29. The van der Waals surface area contributed by atoms with Gasteiger partial charge in [0, 0.05) is 6.54 Å². The zero-order chi connectivity index (χ0) is 21.0. The molecule has 0 atom stereocenters. The van der Waals surface area contributed by atoms with Crippen LogP contribution in [0.25, 0.3) is 0 Å². The number of urea groups is 1. The predicted octanol–water partition coefficient (Wildman–Crippen LogP) is 2.02. The highest BCUT2D eigenvalue weighted by molar-refractivity contribution is 6.00. The van der Waals surface area contributed by atoms with Crippen molar-refractivity contribution in [1.82, 2.24) is 15.3 Å². The lowest BCUT2D eigenvalue weighted by Gasteiger charge is -2.07. The number of imidazole rings is 1. The third kappa shape index (κ3) is 5.01. The lowest BCUT2D eigenvalue weighted by atomic mass is 10.1. The van der Waals surface area contributed by atoms with Crippen molar-refractivity contribution in [2.45, 2.75) is 19.9 Å². The maximum atomic E-state index is 12.2. The Labute approximate surface area is 165 Å². The quantitative estimate of drug-likeness (QED) is 0.409. The lowest BCUT2D eigenvalue weighted by Crippen LogP contribution is -2.29. The predicted molar refractivity (Wildman–Crippen MR) is 103 cm³/mol. The number of aromatic nitrogens is 2. The number of nitrogens with one attached hydrogen (secondary N) is 3. The Balaban J connectivity index is 1.67. The van der Waals surface area contributed by atoms with Crippen LogP contribution in [0.3, 0.4) is 0 Å². The minimum atomic E-state index is -1.19. The van der Waals surface area contributed by atoms with E-state index in [2.05, 4.69) is 20.6 Å². The van der Waals surface area contributed by atoms with Crippen molar-refractivity contribution in [3.63, 3.8) is 0 Å². The number of nitrogens with zero attached hydrogens (tertiary/aromatic N) is 1. The number of hydrogen-bond acceptors (Lipinski definition) is 5. The summed E-state index contributed by atoms with van der Waals surface area (Å²) in [6, 6.07) is 9.91. The zero-order valence-electron chi connectivity index (χ0n) is 15.5. The molecule has 1 aromatic carbocycles. The van der Waals surface area contributed by atoms with Gasteiger partial charge in [0.15, 0.2) is 5.69 Å². The van der Waals surface area contributed by atoms with Gasteiger partial charge in [-0.15, -0.1) is 0 Å². The number of carbonyl (C=O) groups excluding carboxylic acids is 2. The Kier molecular flexibility index (Phi) is 5.63. The SMILES string of the molecule is Cc1ccc(CNC(=O)Nc2[nH]c(Cc3ccc(C(=O)O)o3)nc2C(N)=O)cc1. The summed E-state index contributed by atoms with van der Waals surface area (Å²) in [4.78, 5) is 41.5. The van der Waals surface area contributed by atoms with Crippen molar-refractivity contribution in [1.29, 1.82) is 0 Å². The number of nitrogens with two attached hydrogens (primary N) is 1. The van der Waals surface area contributed by atoms with Crippen LogP contribution in [0.5, 0.6) is 0 Å². The van der Waals surface area contributed by atoms with Gasteiger partial charge in [0.25, 0.3) is 5.91 Å². The lowest BCUT2D eigenvalue weighted by molar-refractivity contribution is 0.0660. The summed E-state index contributed by atoms with van der Waals surface area (Å²) in [5.74, 6) is -1.59. The van der Waals surface area contributed by atoms with Crippen LogP contribution in [-0.2, 0) is 13.0 Å². The summed E-state index contributed by atoms with van der Waals surface area (Å²) < 4.78 is 5.16. The highest BCUT2D eigenvalue weighted by Gasteiger charge is 2.18. The number of hydrogen-bond donors (Lipinski definition) is 5. The maximum absolute atomic E-state index is 12.2. The molecule has 10 heteroatoms. The van der Waals surface area contributed by atoms with Gasteiger partial charge in [-0.3, -0.25) is 10.1 Å². The Morgan fingerprint density at radius 1 is 1.17 bits per heavy atom. The first-order valence-corrected chi connectivity index (χ1v) is 8.63. The molecule has 6 N–H and O–H groups in total. The molecule has 0 saturated carbocycles. The van der Waals surface area contributed by atoms with Crippen molar-refractivity contribution in [3.05, 3.63) is 70.6 Å². The third-order valence-corrected chi connectivity index (χ3v) is 4.01. The molecule has 0 aliphatic carbocycles. The number of aryl methyl sites for hydroxylation is 1. The molecule has 29 heavy (non-hydrogen) atoms. The van der Waals surface area contributed by atoms with Gasteiger partial charge in [-0.25, -0.2) is 14.6 Å². The molecule has 3 amide bonds. The van der Waals surface area contributed by atoms with Gasteiger partial charge in [0.2, 0.25) is 5.76 Å². The van der Waals surface area contributed by atoms with Crippen LogP contribution in [0.15, 0.2) is 40.8 Å². The first-order chi connectivity index (χ1) is 13.8. The minimum Gasteiger partial charge on any atom is -0.475 e. The second-order valence-corrected chi connectivity index (χ2v) is 6.31. The van der Waals surface area contributed by atoms with E-state index >= 15 is 0 Å². The molecule has 0 aliphatic heterocycles. The molecule has 0 bridgehead atoms. The van der Waals surface area contributed by atoms with Gasteiger partial charge in [-0.1, -0.05) is 29.8 Å². The fraction of sp³-hybridized carbons (Fsp3) is 0.158. The standard InChI is InChI=1S/C19H19N5O5/c1-10-2-4-11(5-3-10)9-21-19(28)24-17-15(16(20)25)22-14(23-17)8-12-6-7-13(29-12)18(26)27/h2-7H,8-9H2,1H3,(H2,20,25)(H,22,23)(H,26,27)(H2,21,24,28). The highest BCUT2D eigenvalue weighted by atomic mass is 16.4. The molecule has 150 valence electrons. The molecule has 0 aliphatic rings. The third-order valence-electron chi connectivity index (χ3n) is 4.01. The molecule has 0 fully saturated rings. The van der Waals surface area contributed by atoms with Crippen molar-refractivity contribution in [2.24, 2.45) is 5.73 Å². The number of carboxylic acid groups (broad SMARTS) is 1. The van der Waals surface area contributed by atoms with E-state index < -0.39 is 17.9 Å². The summed E-state index contributed by atoms with van der Waals surface area (Å²) in [6.45, 7) is 2.26. The van der Waals surface area contributed by atoms with E-state index in [1.807, 2.05) is 31.2 Å². The monoisotopic (exact) mass is 397 g/mol. The number of carbonyl (C=O) groups is 3. The molecular weight excluding hydrogens is 378 g/mol. The first-order valence-electron chi connectivity index (χ1n) is 8.63. The van der Waals surface area contributed by atoms with E-state index in [1.165, 1.54) is 12.1 Å². The van der Waals surface area contributed by atoms with Crippen molar-refractivity contribution >= 4 is 23.7 Å². The van der Waals surface area contributed by atoms with E-state index in [4.69, 9.17) is 15.3 Å². The maximum Gasteiger partial charge on any atom is 0.371 e. The molecule has 2 heterocycles. The number of H-pyrrole nitrogens is 1. The molecule has 0 unspecified atom stereocenters. The highest BCUT2D eigenvalue weighted by Crippen LogP contribution is 2.17. The second-order valence-electron chi connectivity index (χ2n) is 6.31. The van der Waals surface area contributed by atoms with Crippen LogP contribution in [-0.4, -0.2) is 33.0 Å². The molecule has 3 aromatic rings. The Morgan fingerprint density at radius 3 is 2.52 bits per heavy atom. The molecule has 0 saturated heterocycles. The number of primary amides is 1. The fourth-order valence-corrected chi connectivity index (χ4v) is 2.57. The molecule has 10 nitrogen and oxygen atoms in total. The van der Waals surface area contributed by atoms with Crippen LogP contribution < -0.4 is 16.4 Å². The summed E-state index contributed by atoms with van der Waals surface area (Å²) in [5, 5.41) is 14.1. The van der Waals surface area contributed by atoms with Crippen LogP contribution >= 0.6 is 0 Å². The number of amides is 3. The second kappa shape index (κ2) is 8.30. The van der Waals surface area contributed by atoms with Crippen molar-refractivity contribution < 1.29 is 23.9 Å². The first kappa shape index (κ1) is 19.7. The van der Waals surface area contributed by atoms with E-state index in [9.17, 15) is 14.4 Å². The largest absolute Gasteiger partial charge is 0.475 e. The van der Waals surface area contributed by atoms with Crippen LogP contribution in [0.4, 0.5) is 10.6 Å². The molecule has 2 aromatic heterocycles. The van der Waals surface area contributed by atoms with Crippen molar-refractivity contribution in [3.8, 4) is 0 Å². The molecule has 0 radical (unpaired) electrons. The normalized spacial score (nSPS) is 10.5.